The topological polar surface area (TPSA) is 259 Å². The molecule has 3 heterocycles. The van der Waals surface area contributed by atoms with Gasteiger partial charge in [0.05, 0.1) is 0 Å². The predicted octanol–water partition coefficient (Wildman–Crippen LogP) is 3.62. The Kier molecular flexibility index (Phi) is 13.6. The summed E-state index contributed by atoms with van der Waals surface area (Å²) < 4.78 is 0. The molecule has 4 atom stereocenters. The van der Waals surface area contributed by atoms with Crippen molar-refractivity contribution < 1.29 is 24.0 Å². The molecule has 0 saturated heterocycles. The van der Waals surface area contributed by atoms with Gasteiger partial charge in [-0.05, 0) is 94.4 Å². The third-order valence-electron chi connectivity index (χ3n) is 11.6. The molecule has 0 radical (unpaired) electrons. The summed E-state index contributed by atoms with van der Waals surface area (Å²) in [5.74, 6) is -3.02. The monoisotopic (exact) mass is 830 g/mol. The highest BCUT2D eigenvalue weighted by atomic mass is 16.2. The molecule has 0 saturated carbocycles. The van der Waals surface area contributed by atoms with E-state index in [4.69, 9.17) is 17.2 Å². The number of amides is 5. The fourth-order valence-electron chi connectivity index (χ4n) is 8.03. The Balaban J connectivity index is 1.40. The molecule has 0 aliphatic carbocycles. The lowest BCUT2D eigenvalue weighted by Gasteiger charge is -2.39. The van der Waals surface area contributed by atoms with Gasteiger partial charge < -0.3 is 53.4 Å². The van der Waals surface area contributed by atoms with Crippen molar-refractivity contribution in [3.8, 4) is 0 Å². The number of hydrogen-bond acceptors (Lipinski definition) is 7. The van der Waals surface area contributed by atoms with Crippen LogP contribution in [-0.4, -0.2) is 80.2 Å². The van der Waals surface area contributed by atoms with Crippen molar-refractivity contribution in [1.29, 1.82) is 0 Å². The standard InChI is InChI=1S/C46H58N10O5/c1-44(23-29-26-50-35-16-7-4-13-32(29)35,41(59)53-38(40(49)58)19-10-11-21-47)55-43(61)46(3,25-31-28-52-37-18-9-6-15-34(31)37)56-42(60)45(2,54-39(57)20-12-22-48)24-30-27-51-36-17-8-5-14-33(30)36/h4-9,13-18,26-28,38,50-52H,10-12,19-25,47-48H2,1-3H3,(H2,49,58)(H,53,59)(H,54,57)(H,55,61)(H,56,60)/t38-,44+,45+,46+/m0/s1. The first-order valence-corrected chi connectivity index (χ1v) is 20.8. The number of aromatic nitrogens is 3. The molecule has 3 aromatic heterocycles. The molecular formula is C46H58N10O5. The number of H-pyrrole nitrogens is 3. The van der Waals surface area contributed by atoms with Crippen LogP contribution in [0.5, 0.6) is 0 Å². The highest BCUT2D eigenvalue weighted by Crippen LogP contribution is 2.29. The molecule has 13 N–H and O–H groups in total. The van der Waals surface area contributed by atoms with Crippen LogP contribution in [-0.2, 0) is 43.2 Å². The number of benzene rings is 3. The van der Waals surface area contributed by atoms with Gasteiger partial charge >= 0.3 is 0 Å². The summed E-state index contributed by atoms with van der Waals surface area (Å²) in [6.07, 6.45) is 7.41. The molecule has 15 nitrogen and oxygen atoms in total. The third-order valence-corrected chi connectivity index (χ3v) is 11.6. The average Bonchev–Trinajstić information content (AvgIpc) is 3.96. The van der Waals surface area contributed by atoms with Crippen LogP contribution in [0.15, 0.2) is 91.4 Å². The average molecular weight is 831 g/mol. The van der Waals surface area contributed by atoms with Gasteiger partial charge in [-0.15, -0.1) is 0 Å². The number of para-hydroxylation sites is 3. The molecule has 0 unspecified atom stereocenters. The van der Waals surface area contributed by atoms with E-state index in [2.05, 4.69) is 36.2 Å². The van der Waals surface area contributed by atoms with E-state index in [-0.39, 0.29) is 38.0 Å². The summed E-state index contributed by atoms with van der Waals surface area (Å²) in [5, 5.41) is 14.5. The third kappa shape index (κ3) is 10.1. The zero-order valence-corrected chi connectivity index (χ0v) is 35.1. The molecule has 5 amide bonds. The summed E-state index contributed by atoms with van der Waals surface area (Å²) in [4.78, 5) is 80.6. The molecule has 0 spiro atoms. The Bertz CT molecular complexity index is 2520. The van der Waals surface area contributed by atoms with Crippen molar-refractivity contribution in [1.82, 2.24) is 36.2 Å². The number of carbonyl (C=O) groups is 5. The van der Waals surface area contributed by atoms with E-state index < -0.39 is 46.3 Å². The van der Waals surface area contributed by atoms with Crippen molar-refractivity contribution in [3.63, 3.8) is 0 Å². The van der Waals surface area contributed by atoms with Crippen molar-refractivity contribution in [3.05, 3.63) is 108 Å². The van der Waals surface area contributed by atoms with Crippen LogP contribution in [0.25, 0.3) is 32.7 Å². The number of unbranched alkanes of at least 4 members (excludes halogenated alkanes) is 1. The molecule has 61 heavy (non-hydrogen) atoms. The summed E-state index contributed by atoms with van der Waals surface area (Å²) in [7, 11) is 0. The summed E-state index contributed by atoms with van der Waals surface area (Å²) in [5.41, 5.74) is 17.0. The van der Waals surface area contributed by atoms with Crippen molar-refractivity contribution in [2.45, 2.75) is 94.8 Å². The number of nitrogens with two attached hydrogens (primary N) is 3. The number of aromatic amines is 3. The minimum Gasteiger partial charge on any atom is -0.368 e. The second-order valence-electron chi connectivity index (χ2n) is 16.7. The SMILES string of the molecule is C[C@](Cc1c[nH]c2ccccc12)(NC(=O)CCCN)C(=O)N[C@](C)(Cc1c[nH]c2ccccc12)C(=O)N[C@](C)(Cc1c[nH]c2ccccc12)C(=O)N[C@@H](CCCCN)C(N)=O. The molecule has 322 valence electrons. The highest BCUT2D eigenvalue weighted by Gasteiger charge is 2.46. The van der Waals surface area contributed by atoms with E-state index in [9.17, 15) is 14.4 Å². The molecule has 3 aromatic carbocycles. The fourth-order valence-corrected chi connectivity index (χ4v) is 8.03. The first-order chi connectivity index (χ1) is 29.2. The second-order valence-corrected chi connectivity index (χ2v) is 16.7. The van der Waals surface area contributed by atoms with Crippen LogP contribution < -0.4 is 38.5 Å². The lowest BCUT2D eigenvalue weighted by Crippen LogP contribution is -2.70. The number of nitrogens with one attached hydrogen (secondary N) is 7. The Morgan fingerprint density at radius 2 is 0.951 bits per heavy atom. The van der Waals surface area contributed by atoms with Gasteiger partial charge in [-0.1, -0.05) is 54.6 Å². The molecule has 0 bridgehead atoms. The number of hydrogen-bond donors (Lipinski definition) is 10. The van der Waals surface area contributed by atoms with Crippen molar-refractivity contribution >= 4 is 62.2 Å². The predicted molar refractivity (Wildman–Crippen MR) is 238 cm³/mol. The Morgan fingerprint density at radius 3 is 1.36 bits per heavy atom. The maximum Gasteiger partial charge on any atom is 0.246 e. The van der Waals surface area contributed by atoms with Crippen LogP contribution in [0, 0.1) is 0 Å². The van der Waals surface area contributed by atoms with Gasteiger partial charge in [0.25, 0.3) is 0 Å². The van der Waals surface area contributed by atoms with Crippen molar-refractivity contribution in [2.24, 2.45) is 17.2 Å². The first-order valence-electron chi connectivity index (χ1n) is 20.8. The number of rotatable bonds is 21. The van der Waals surface area contributed by atoms with Gasteiger partial charge in [0.2, 0.25) is 29.5 Å². The van der Waals surface area contributed by atoms with Gasteiger partial charge in [-0.3, -0.25) is 24.0 Å². The van der Waals surface area contributed by atoms with Crippen LogP contribution in [0.2, 0.25) is 0 Å². The molecular weight excluding hydrogens is 773 g/mol. The minimum absolute atomic E-state index is 0.00729. The Morgan fingerprint density at radius 1 is 0.557 bits per heavy atom. The maximum absolute atomic E-state index is 15.3. The van der Waals surface area contributed by atoms with E-state index in [1.165, 1.54) is 0 Å². The van der Waals surface area contributed by atoms with Gasteiger partial charge in [-0.25, -0.2) is 0 Å². The molecule has 15 heteroatoms. The summed E-state index contributed by atoms with van der Waals surface area (Å²) in [6.45, 7) is 5.53. The van der Waals surface area contributed by atoms with Gasteiger partial charge in [-0.2, -0.15) is 0 Å². The van der Waals surface area contributed by atoms with Crippen LogP contribution in [0.3, 0.4) is 0 Å². The highest BCUT2D eigenvalue weighted by molar-refractivity contribution is 6.01. The van der Waals surface area contributed by atoms with Crippen LogP contribution in [0.1, 0.15) is 69.6 Å². The van der Waals surface area contributed by atoms with E-state index in [1.54, 1.807) is 33.2 Å². The molecule has 6 aromatic rings. The molecule has 0 aliphatic heterocycles. The molecule has 0 aliphatic rings. The largest absolute Gasteiger partial charge is 0.368 e. The minimum atomic E-state index is -1.72. The fraction of sp³-hybridized carbons (Fsp3) is 0.370. The Hall–Kier alpha value is -6.45. The van der Waals surface area contributed by atoms with E-state index in [0.29, 0.717) is 32.4 Å². The lowest BCUT2D eigenvalue weighted by molar-refractivity contribution is -0.141. The van der Waals surface area contributed by atoms with Crippen LogP contribution >= 0.6 is 0 Å². The zero-order chi connectivity index (χ0) is 43.8. The van der Waals surface area contributed by atoms with Crippen LogP contribution in [0.4, 0.5) is 0 Å². The second kappa shape index (κ2) is 18.9. The maximum atomic E-state index is 15.3. The van der Waals surface area contributed by atoms with Gasteiger partial charge in [0.15, 0.2) is 0 Å². The van der Waals surface area contributed by atoms with E-state index >= 15 is 9.59 Å². The lowest BCUT2D eigenvalue weighted by atomic mass is 9.85. The zero-order valence-electron chi connectivity index (χ0n) is 35.1. The smallest absolute Gasteiger partial charge is 0.246 e. The van der Waals surface area contributed by atoms with Gasteiger partial charge in [0, 0.05) is 77.0 Å². The first kappa shape index (κ1) is 44.1. The molecule has 6 rings (SSSR count). The summed E-state index contributed by atoms with van der Waals surface area (Å²) in [6, 6.07) is 21.8. The number of carbonyl (C=O) groups excluding carboxylic acids is 5. The van der Waals surface area contributed by atoms with Gasteiger partial charge in [0.1, 0.15) is 22.7 Å². The number of primary amides is 1. The quantitative estimate of drug-likeness (QED) is 0.0482. The van der Waals surface area contributed by atoms with Crippen molar-refractivity contribution in [2.75, 3.05) is 13.1 Å². The van der Waals surface area contributed by atoms with E-state index in [1.807, 2.05) is 79.0 Å². The summed E-state index contributed by atoms with van der Waals surface area (Å²) >= 11 is 0. The normalized spacial score (nSPS) is 15.0. The molecule has 0 fully saturated rings. The Labute approximate surface area is 354 Å². The number of fused-ring (bicyclic) bond motifs is 3. The van der Waals surface area contributed by atoms with E-state index in [0.717, 1.165) is 49.4 Å².